The Labute approximate surface area is 203 Å². The van der Waals surface area contributed by atoms with Crippen LogP contribution in [0.4, 0.5) is 5.95 Å². The number of rotatable bonds is 5. The van der Waals surface area contributed by atoms with Crippen molar-refractivity contribution in [3.05, 3.63) is 69.5 Å². The van der Waals surface area contributed by atoms with Crippen LogP contribution in [0.2, 0.25) is 10.0 Å². The number of nitrogens with zero attached hydrogens (tertiary/aromatic N) is 6. The molecular formula is C24H26Cl2N6O. The SMILES string of the molecule is COCCN1CCN(c2nnc3n2-c2ccc(Cl)cc2C(c2ccccc2Cl)=NC3C)CC1. The lowest BCUT2D eigenvalue weighted by molar-refractivity contribution is 0.143. The van der Waals surface area contributed by atoms with E-state index >= 15 is 0 Å². The van der Waals surface area contributed by atoms with Crippen LogP contribution in [0.1, 0.15) is 29.9 Å². The van der Waals surface area contributed by atoms with Crippen LogP contribution in [0, 0.1) is 0 Å². The van der Waals surface area contributed by atoms with E-state index in [9.17, 15) is 0 Å². The van der Waals surface area contributed by atoms with Gasteiger partial charge in [-0.25, -0.2) is 0 Å². The third-order valence-electron chi connectivity index (χ3n) is 6.22. The molecule has 1 aromatic heterocycles. The van der Waals surface area contributed by atoms with Crippen LogP contribution in [0.25, 0.3) is 5.69 Å². The van der Waals surface area contributed by atoms with Gasteiger partial charge in [-0.3, -0.25) is 14.5 Å². The van der Waals surface area contributed by atoms with E-state index in [0.717, 1.165) is 73.6 Å². The molecule has 0 amide bonds. The number of hydrogen-bond acceptors (Lipinski definition) is 6. The van der Waals surface area contributed by atoms with Gasteiger partial charge in [0.05, 0.1) is 18.0 Å². The number of anilines is 1. The molecular weight excluding hydrogens is 459 g/mol. The van der Waals surface area contributed by atoms with Crippen molar-refractivity contribution in [1.82, 2.24) is 19.7 Å². The van der Waals surface area contributed by atoms with E-state index in [0.29, 0.717) is 10.0 Å². The minimum atomic E-state index is -0.202. The van der Waals surface area contributed by atoms with Crippen LogP contribution in [0.15, 0.2) is 47.5 Å². The van der Waals surface area contributed by atoms with Crippen molar-refractivity contribution in [1.29, 1.82) is 0 Å². The van der Waals surface area contributed by atoms with Crippen molar-refractivity contribution in [2.45, 2.75) is 13.0 Å². The molecule has 2 aromatic carbocycles. The lowest BCUT2D eigenvalue weighted by Gasteiger charge is -2.35. The second-order valence-corrected chi connectivity index (χ2v) is 9.15. The van der Waals surface area contributed by atoms with Gasteiger partial charge in [-0.05, 0) is 31.2 Å². The van der Waals surface area contributed by atoms with Crippen molar-refractivity contribution in [2.75, 3.05) is 51.3 Å². The molecule has 3 aromatic rings. The van der Waals surface area contributed by atoms with Crippen LogP contribution in [0.3, 0.4) is 0 Å². The molecule has 172 valence electrons. The molecule has 2 aliphatic rings. The summed E-state index contributed by atoms with van der Waals surface area (Å²) in [6, 6.07) is 13.4. The first-order valence-electron chi connectivity index (χ1n) is 11.1. The summed E-state index contributed by atoms with van der Waals surface area (Å²) in [6.07, 6.45) is 0. The van der Waals surface area contributed by atoms with Crippen LogP contribution in [-0.4, -0.2) is 71.8 Å². The molecule has 3 heterocycles. The highest BCUT2D eigenvalue weighted by molar-refractivity contribution is 6.36. The Kier molecular flexibility index (Phi) is 6.38. The van der Waals surface area contributed by atoms with E-state index in [-0.39, 0.29) is 6.04 Å². The molecule has 1 atom stereocenters. The van der Waals surface area contributed by atoms with Crippen LogP contribution >= 0.6 is 23.2 Å². The summed E-state index contributed by atoms with van der Waals surface area (Å²) in [5.41, 5.74) is 3.56. The van der Waals surface area contributed by atoms with Gasteiger partial charge in [0.15, 0.2) is 5.82 Å². The maximum absolute atomic E-state index is 6.58. The predicted octanol–water partition coefficient (Wildman–Crippen LogP) is 4.25. The first-order valence-corrected chi connectivity index (χ1v) is 11.9. The first-order chi connectivity index (χ1) is 16.1. The molecule has 0 aliphatic carbocycles. The van der Waals surface area contributed by atoms with E-state index < -0.39 is 0 Å². The lowest BCUT2D eigenvalue weighted by atomic mass is 10.0. The second-order valence-electron chi connectivity index (χ2n) is 8.31. The smallest absolute Gasteiger partial charge is 0.232 e. The largest absolute Gasteiger partial charge is 0.383 e. The van der Waals surface area contributed by atoms with Crippen molar-refractivity contribution in [3.63, 3.8) is 0 Å². The summed E-state index contributed by atoms with van der Waals surface area (Å²) in [4.78, 5) is 9.75. The van der Waals surface area contributed by atoms with Gasteiger partial charge in [-0.2, -0.15) is 0 Å². The molecule has 2 aliphatic heterocycles. The van der Waals surface area contributed by atoms with Crippen LogP contribution in [-0.2, 0) is 4.74 Å². The molecule has 0 N–H and O–H groups in total. The maximum atomic E-state index is 6.58. The van der Waals surface area contributed by atoms with Crippen LogP contribution in [0.5, 0.6) is 0 Å². The lowest BCUT2D eigenvalue weighted by Crippen LogP contribution is -2.48. The molecule has 0 bridgehead atoms. The molecule has 33 heavy (non-hydrogen) atoms. The van der Waals surface area contributed by atoms with Crippen molar-refractivity contribution < 1.29 is 4.74 Å². The van der Waals surface area contributed by atoms with Gasteiger partial charge in [0.1, 0.15) is 6.04 Å². The zero-order chi connectivity index (χ0) is 22.9. The standard InChI is InChI=1S/C24H26Cl2N6O/c1-16-23-28-29-24(31-11-9-30(10-12-31)13-14-33-2)32(23)21-8-7-17(25)15-19(21)22(27-16)18-5-3-4-6-20(18)26/h3-8,15-16H,9-14H2,1-2H3. The van der Waals surface area contributed by atoms with E-state index in [1.807, 2.05) is 49.4 Å². The Bertz CT molecular complexity index is 1190. The molecule has 7 nitrogen and oxygen atoms in total. The first kappa shape index (κ1) is 22.3. The number of benzene rings is 2. The van der Waals surface area contributed by atoms with E-state index in [4.69, 9.17) is 32.9 Å². The number of aliphatic imine (C=N–C) groups is 1. The van der Waals surface area contributed by atoms with Crippen molar-refractivity contribution in [3.8, 4) is 5.69 Å². The number of aromatic nitrogens is 3. The number of halogens is 2. The Morgan fingerprint density at radius 2 is 1.79 bits per heavy atom. The molecule has 5 rings (SSSR count). The van der Waals surface area contributed by atoms with Crippen LogP contribution < -0.4 is 4.90 Å². The number of hydrogen-bond donors (Lipinski definition) is 0. The fraction of sp³-hybridized carbons (Fsp3) is 0.375. The van der Waals surface area contributed by atoms with Gasteiger partial charge in [0.2, 0.25) is 5.95 Å². The van der Waals surface area contributed by atoms with Gasteiger partial charge in [0, 0.05) is 61.0 Å². The topological polar surface area (TPSA) is 58.8 Å². The summed E-state index contributed by atoms with van der Waals surface area (Å²) >= 11 is 13.0. The third kappa shape index (κ3) is 4.26. The fourth-order valence-corrected chi connectivity index (χ4v) is 4.86. The highest BCUT2D eigenvalue weighted by Gasteiger charge is 2.30. The molecule has 0 radical (unpaired) electrons. The molecule has 1 saturated heterocycles. The van der Waals surface area contributed by atoms with Gasteiger partial charge in [-0.1, -0.05) is 41.4 Å². The Morgan fingerprint density at radius 3 is 2.55 bits per heavy atom. The molecule has 9 heteroatoms. The van der Waals surface area contributed by atoms with Gasteiger partial charge >= 0.3 is 0 Å². The summed E-state index contributed by atoms with van der Waals surface area (Å²) in [6.45, 7) is 7.38. The molecule has 1 unspecified atom stereocenters. The average Bonchev–Trinajstić information content (AvgIpc) is 3.22. The monoisotopic (exact) mass is 484 g/mol. The second kappa shape index (κ2) is 9.43. The third-order valence-corrected chi connectivity index (χ3v) is 6.78. The highest BCUT2D eigenvalue weighted by atomic mass is 35.5. The summed E-state index contributed by atoms with van der Waals surface area (Å²) in [5, 5.41) is 10.5. The zero-order valence-electron chi connectivity index (χ0n) is 18.7. The average molecular weight is 485 g/mol. The maximum Gasteiger partial charge on any atom is 0.232 e. The Balaban J connectivity index is 1.57. The number of fused-ring (bicyclic) bond motifs is 3. The van der Waals surface area contributed by atoms with Crippen molar-refractivity contribution >= 4 is 34.9 Å². The van der Waals surface area contributed by atoms with E-state index in [1.54, 1.807) is 7.11 Å². The number of ether oxygens (including phenoxy) is 1. The molecule has 1 fully saturated rings. The van der Waals surface area contributed by atoms with Gasteiger partial charge in [-0.15, -0.1) is 10.2 Å². The summed E-state index contributed by atoms with van der Waals surface area (Å²) < 4.78 is 7.37. The summed E-state index contributed by atoms with van der Waals surface area (Å²) in [7, 11) is 1.74. The highest BCUT2D eigenvalue weighted by Crippen LogP contribution is 2.35. The van der Waals surface area contributed by atoms with Gasteiger partial charge in [0.25, 0.3) is 0 Å². The number of methoxy groups -OCH3 is 1. The van der Waals surface area contributed by atoms with Gasteiger partial charge < -0.3 is 9.64 Å². The van der Waals surface area contributed by atoms with Crippen molar-refractivity contribution in [2.24, 2.45) is 4.99 Å². The molecule has 0 spiro atoms. The zero-order valence-corrected chi connectivity index (χ0v) is 20.2. The summed E-state index contributed by atoms with van der Waals surface area (Å²) in [5.74, 6) is 1.64. The quantitative estimate of drug-likeness (QED) is 0.541. The Hall–Kier alpha value is -2.45. The van der Waals surface area contributed by atoms with E-state index in [2.05, 4.69) is 24.6 Å². The van der Waals surface area contributed by atoms with E-state index in [1.165, 1.54) is 0 Å². The fourth-order valence-electron chi connectivity index (χ4n) is 4.47. The minimum absolute atomic E-state index is 0.202. The number of piperazine rings is 1. The Morgan fingerprint density at radius 1 is 1.00 bits per heavy atom. The normalized spacial score (nSPS) is 18.5. The predicted molar refractivity (Wildman–Crippen MR) is 132 cm³/mol. The minimum Gasteiger partial charge on any atom is -0.383 e. The molecule has 0 saturated carbocycles.